The molecule has 22 heavy (non-hydrogen) atoms. The van der Waals surface area contributed by atoms with Crippen LogP contribution < -0.4 is 4.74 Å². The number of rotatable bonds is 5. The van der Waals surface area contributed by atoms with E-state index in [0.717, 1.165) is 0 Å². The molecule has 0 amide bonds. The molecular formula is C16H13NO5. The number of allylic oxidation sites excluding steroid dienone is 1. The van der Waals surface area contributed by atoms with E-state index in [2.05, 4.69) is 0 Å². The summed E-state index contributed by atoms with van der Waals surface area (Å²) in [5.41, 5.74) is 0.683. The second-order valence-corrected chi connectivity index (χ2v) is 4.40. The third kappa shape index (κ3) is 3.29. The molecule has 0 saturated heterocycles. The van der Waals surface area contributed by atoms with E-state index < -0.39 is 10.7 Å². The summed E-state index contributed by atoms with van der Waals surface area (Å²) in [6.07, 6.45) is 2.79. The van der Waals surface area contributed by atoms with Gasteiger partial charge in [-0.15, -0.1) is 0 Å². The summed E-state index contributed by atoms with van der Waals surface area (Å²) in [6.45, 7) is 0. The number of methoxy groups -OCH3 is 1. The van der Waals surface area contributed by atoms with Gasteiger partial charge in [-0.25, -0.2) is 0 Å². The lowest BCUT2D eigenvalue weighted by Gasteiger charge is -2.07. The van der Waals surface area contributed by atoms with Gasteiger partial charge in [0.25, 0.3) is 5.69 Å². The Morgan fingerprint density at radius 2 is 1.91 bits per heavy atom. The van der Waals surface area contributed by atoms with Gasteiger partial charge < -0.3 is 9.84 Å². The highest BCUT2D eigenvalue weighted by Crippen LogP contribution is 2.28. The zero-order valence-electron chi connectivity index (χ0n) is 11.7. The van der Waals surface area contributed by atoms with Crippen LogP contribution in [0.25, 0.3) is 6.08 Å². The number of hydrogen-bond acceptors (Lipinski definition) is 5. The molecule has 0 spiro atoms. The topological polar surface area (TPSA) is 89.7 Å². The van der Waals surface area contributed by atoms with E-state index in [0.29, 0.717) is 5.56 Å². The number of nitro benzene ring substituents is 1. The number of phenolic OH excluding ortho intramolecular Hbond substituents is 1. The first kappa shape index (κ1) is 15.2. The van der Waals surface area contributed by atoms with Crippen LogP contribution in [0.3, 0.4) is 0 Å². The zero-order valence-corrected chi connectivity index (χ0v) is 11.7. The van der Waals surface area contributed by atoms with Crippen molar-refractivity contribution in [2.75, 3.05) is 7.11 Å². The molecule has 2 aromatic rings. The second-order valence-electron chi connectivity index (χ2n) is 4.40. The minimum absolute atomic E-state index is 0.0224. The number of hydrogen-bond donors (Lipinski definition) is 1. The molecule has 0 aromatic heterocycles. The average molecular weight is 299 g/mol. The van der Waals surface area contributed by atoms with Crippen molar-refractivity contribution in [2.45, 2.75) is 0 Å². The molecule has 6 nitrogen and oxygen atoms in total. The van der Waals surface area contributed by atoms with Crippen LogP contribution in [0.1, 0.15) is 15.9 Å². The lowest BCUT2D eigenvalue weighted by Crippen LogP contribution is -1.99. The Bertz CT molecular complexity index is 735. The van der Waals surface area contributed by atoms with Gasteiger partial charge in [-0.05, 0) is 35.9 Å². The molecule has 0 heterocycles. The number of carbonyl (C=O) groups excluding carboxylic acids is 1. The molecule has 0 saturated carbocycles. The minimum atomic E-state index is -0.495. The van der Waals surface area contributed by atoms with Gasteiger partial charge in [-0.3, -0.25) is 14.9 Å². The summed E-state index contributed by atoms with van der Waals surface area (Å²) >= 11 is 0. The fraction of sp³-hybridized carbons (Fsp3) is 0.0625. The van der Waals surface area contributed by atoms with Gasteiger partial charge >= 0.3 is 0 Å². The van der Waals surface area contributed by atoms with Gasteiger partial charge in [-0.1, -0.05) is 12.1 Å². The van der Waals surface area contributed by atoms with Gasteiger partial charge in [0.05, 0.1) is 12.0 Å². The van der Waals surface area contributed by atoms with Crippen LogP contribution in [-0.4, -0.2) is 22.9 Å². The third-order valence-electron chi connectivity index (χ3n) is 3.00. The van der Waals surface area contributed by atoms with Crippen molar-refractivity contribution < 1.29 is 19.6 Å². The van der Waals surface area contributed by atoms with E-state index >= 15 is 0 Å². The number of nitrogens with zero attached hydrogens (tertiary/aromatic N) is 1. The molecule has 1 N–H and O–H groups in total. The molecule has 6 heteroatoms. The maximum absolute atomic E-state index is 12.2. The summed E-state index contributed by atoms with van der Waals surface area (Å²) in [5.74, 6) is -0.315. The number of non-ortho nitro benzene ring substituents is 1. The fourth-order valence-electron chi connectivity index (χ4n) is 1.90. The lowest BCUT2D eigenvalue weighted by atomic mass is 10.1. The molecule has 0 bridgehead atoms. The van der Waals surface area contributed by atoms with Crippen LogP contribution in [0.5, 0.6) is 11.5 Å². The second kappa shape index (κ2) is 6.53. The molecule has 0 atom stereocenters. The number of ether oxygens (including phenoxy) is 1. The van der Waals surface area contributed by atoms with Crippen molar-refractivity contribution in [3.63, 3.8) is 0 Å². The minimum Gasteiger partial charge on any atom is -0.507 e. The number of nitro groups is 1. The summed E-state index contributed by atoms with van der Waals surface area (Å²) in [4.78, 5) is 22.2. The third-order valence-corrected chi connectivity index (χ3v) is 3.00. The summed E-state index contributed by atoms with van der Waals surface area (Å²) in [5, 5.41) is 20.3. The first-order valence-electron chi connectivity index (χ1n) is 6.35. The first-order valence-corrected chi connectivity index (χ1v) is 6.35. The van der Waals surface area contributed by atoms with Crippen molar-refractivity contribution >= 4 is 17.5 Å². The smallest absolute Gasteiger partial charge is 0.269 e. The Balaban J connectivity index is 2.23. The van der Waals surface area contributed by atoms with Crippen molar-refractivity contribution in [3.05, 3.63) is 69.8 Å². The van der Waals surface area contributed by atoms with Gasteiger partial charge in [0.1, 0.15) is 17.1 Å². The SMILES string of the molecule is COc1cccc(O)c1C(=O)/C=C/c1ccc([N+](=O)[O-])cc1. The fourth-order valence-corrected chi connectivity index (χ4v) is 1.90. The molecule has 112 valence electrons. The van der Waals surface area contributed by atoms with Crippen LogP contribution in [-0.2, 0) is 0 Å². The standard InChI is InChI=1S/C16H13NO5/c1-22-15-4-2-3-13(18)16(15)14(19)10-7-11-5-8-12(9-6-11)17(20)21/h2-10,18H,1H3/b10-7+. The Morgan fingerprint density at radius 1 is 1.23 bits per heavy atom. The van der Waals surface area contributed by atoms with Gasteiger partial charge in [0.15, 0.2) is 5.78 Å². The summed E-state index contributed by atoms with van der Waals surface area (Å²) in [6, 6.07) is 10.3. The first-order chi connectivity index (χ1) is 10.5. The quantitative estimate of drug-likeness (QED) is 0.396. The number of carbonyl (C=O) groups is 1. The van der Waals surface area contributed by atoms with E-state index in [9.17, 15) is 20.0 Å². The average Bonchev–Trinajstić information content (AvgIpc) is 2.52. The van der Waals surface area contributed by atoms with E-state index in [4.69, 9.17) is 4.74 Å². The Hall–Kier alpha value is -3.15. The summed E-state index contributed by atoms with van der Waals surface area (Å²) < 4.78 is 5.05. The molecular weight excluding hydrogens is 286 g/mol. The zero-order chi connectivity index (χ0) is 16.1. The largest absolute Gasteiger partial charge is 0.507 e. The molecule has 0 aliphatic heterocycles. The monoisotopic (exact) mass is 299 g/mol. The normalized spacial score (nSPS) is 10.6. The Morgan fingerprint density at radius 3 is 2.50 bits per heavy atom. The Kier molecular flexibility index (Phi) is 4.53. The van der Waals surface area contributed by atoms with Gasteiger partial charge in [0.2, 0.25) is 0 Å². The molecule has 0 radical (unpaired) electrons. The van der Waals surface area contributed by atoms with Crippen molar-refractivity contribution in [1.29, 1.82) is 0 Å². The van der Waals surface area contributed by atoms with E-state index in [-0.39, 0.29) is 22.7 Å². The van der Waals surface area contributed by atoms with Crippen molar-refractivity contribution in [2.24, 2.45) is 0 Å². The predicted molar refractivity (Wildman–Crippen MR) is 81.1 cm³/mol. The highest BCUT2D eigenvalue weighted by atomic mass is 16.6. The number of aromatic hydroxyl groups is 1. The number of ketones is 1. The Labute approximate surface area is 126 Å². The number of phenols is 1. The molecule has 0 fully saturated rings. The molecule has 0 unspecified atom stereocenters. The highest BCUT2D eigenvalue weighted by Gasteiger charge is 2.14. The van der Waals surface area contributed by atoms with Crippen LogP contribution in [0.2, 0.25) is 0 Å². The maximum atomic E-state index is 12.2. The van der Waals surface area contributed by atoms with Crippen molar-refractivity contribution in [3.8, 4) is 11.5 Å². The van der Waals surface area contributed by atoms with E-state index in [1.54, 1.807) is 12.1 Å². The maximum Gasteiger partial charge on any atom is 0.269 e. The van der Waals surface area contributed by atoms with Gasteiger partial charge in [0, 0.05) is 12.1 Å². The van der Waals surface area contributed by atoms with Crippen LogP contribution in [0.15, 0.2) is 48.5 Å². The highest BCUT2D eigenvalue weighted by molar-refractivity contribution is 6.10. The van der Waals surface area contributed by atoms with Gasteiger partial charge in [-0.2, -0.15) is 0 Å². The lowest BCUT2D eigenvalue weighted by molar-refractivity contribution is -0.384. The van der Waals surface area contributed by atoms with E-state index in [1.165, 1.54) is 49.6 Å². The molecule has 2 rings (SSSR count). The molecule has 2 aromatic carbocycles. The van der Waals surface area contributed by atoms with E-state index in [1.807, 2.05) is 0 Å². The van der Waals surface area contributed by atoms with Crippen LogP contribution >= 0.6 is 0 Å². The molecule has 0 aliphatic rings. The predicted octanol–water partition coefficient (Wildman–Crippen LogP) is 3.21. The molecule has 0 aliphatic carbocycles. The van der Waals surface area contributed by atoms with Crippen LogP contribution in [0, 0.1) is 10.1 Å². The summed E-state index contributed by atoms with van der Waals surface area (Å²) in [7, 11) is 1.41. The number of benzene rings is 2. The van der Waals surface area contributed by atoms with Crippen molar-refractivity contribution in [1.82, 2.24) is 0 Å². The van der Waals surface area contributed by atoms with Crippen LogP contribution in [0.4, 0.5) is 5.69 Å².